The zero-order valence-corrected chi connectivity index (χ0v) is 15.1. The van der Waals surface area contributed by atoms with Gasteiger partial charge in [-0.05, 0) is 30.9 Å². The number of carbonyl (C=O) groups is 1. The molecule has 1 fully saturated rings. The van der Waals surface area contributed by atoms with E-state index in [1.54, 1.807) is 6.20 Å². The third-order valence-electron chi connectivity index (χ3n) is 4.77. The van der Waals surface area contributed by atoms with Crippen molar-refractivity contribution >= 4 is 22.6 Å². The molecule has 0 saturated carbocycles. The van der Waals surface area contributed by atoms with Crippen molar-refractivity contribution in [2.75, 3.05) is 25.0 Å². The van der Waals surface area contributed by atoms with Gasteiger partial charge in [0.15, 0.2) is 0 Å². The van der Waals surface area contributed by atoms with E-state index in [0.29, 0.717) is 18.1 Å². The quantitative estimate of drug-likeness (QED) is 0.598. The Morgan fingerprint density at radius 3 is 3.00 bits per heavy atom. The summed E-state index contributed by atoms with van der Waals surface area (Å²) in [6, 6.07) is 8.25. The molecule has 4 rings (SSSR count). The lowest BCUT2D eigenvalue weighted by Gasteiger charge is -2.10. The number of H-pyrrole nitrogens is 1. The SMILES string of the molecule is O=C(NCC1CCCO1)c1cnc(NCCc2c[nH]c3ccccc23)cn1. The molecule has 0 spiro atoms. The Labute approximate surface area is 157 Å². The Bertz CT molecular complexity index is 900. The molecule has 0 aliphatic carbocycles. The van der Waals surface area contributed by atoms with Crippen molar-refractivity contribution in [3.8, 4) is 0 Å². The summed E-state index contributed by atoms with van der Waals surface area (Å²) >= 11 is 0. The summed E-state index contributed by atoms with van der Waals surface area (Å²) in [7, 11) is 0. The first-order valence-electron chi connectivity index (χ1n) is 9.30. The van der Waals surface area contributed by atoms with Gasteiger partial charge in [-0.1, -0.05) is 18.2 Å². The van der Waals surface area contributed by atoms with Gasteiger partial charge in [0.1, 0.15) is 11.5 Å². The molecule has 7 nitrogen and oxygen atoms in total. The molecule has 1 aromatic carbocycles. The average molecular weight is 365 g/mol. The van der Waals surface area contributed by atoms with E-state index < -0.39 is 0 Å². The molecule has 3 heterocycles. The molecule has 1 unspecified atom stereocenters. The molecule has 3 aromatic rings. The largest absolute Gasteiger partial charge is 0.376 e. The van der Waals surface area contributed by atoms with Gasteiger partial charge < -0.3 is 20.4 Å². The number of nitrogens with one attached hydrogen (secondary N) is 3. The number of rotatable bonds is 7. The second-order valence-corrected chi connectivity index (χ2v) is 6.67. The smallest absolute Gasteiger partial charge is 0.271 e. The van der Waals surface area contributed by atoms with Crippen LogP contribution in [0.15, 0.2) is 42.9 Å². The number of hydrogen-bond donors (Lipinski definition) is 3. The number of fused-ring (bicyclic) bond motifs is 1. The topological polar surface area (TPSA) is 91.9 Å². The van der Waals surface area contributed by atoms with Crippen LogP contribution in [0.4, 0.5) is 5.82 Å². The van der Waals surface area contributed by atoms with E-state index >= 15 is 0 Å². The monoisotopic (exact) mass is 365 g/mol. The van der Waals surface area contributed by atoms with Crippen LogP contribution in [-0.4, -0.2) is 46.7 Å². The van der Waals surface area contributed by atoms with E-state index in [1.165, 1.54) is 17.1 Å². The first-order valence-corrected chi connectivity index (χ1v) is 9.30. The average Bonchev–Trinajstić information content (AvgIpc) is 3.37. The number of benzene rings is 1. The molecular weight excluding hydrogens is 342 g/mol. The van der Waals surface area contributed by atoms with Gasteiger partial charge in [0.05, 0.1) is 18.5 Å². The Kier molecular flexibility index (Phi) is 5.29. The molecule has 1 saturated heterocycles. The predicted molar refractivity (Wildman–Crippen MR) is 104 cm³/mol. The van der Waals surface area contributed by atoms with Gasteiger partial charge in [0.2, 0.25) is 0 Å². The number of aromatic amines is 1. The Morgan fingerprint density at radius 1 is 1.26 bits per heavy atom. The molecule has 1 atom stereocenters. The van der Waals surface area contributed by atoms with Crippen LogP contribution in [0.1, 0.15) is 28.9 Å². The number of ether oxygens (including phenoxy) is 1. The molecule has 0 bridgehead atoms. The van der Waals surface area contributed by atoms with Crippen LogP contribution in [0.25, 0.3) is 10.9 Å². The lowest BCUT2D eigenvalue weighted by Crippen LogP contribution is -2.32. The van der Waals surface area contributed by atoms with Gasteiger partial charge in [-0.15, -0.1) is 0 Å². The van der Waals surface area contributed by atoms with Crippen molar-refractivity contribution in [3.05, 3.63) is 54.1 Å². The number of amides is 1. The molecule has 1 aliphatic heterocycles. The van der Waals surface area contributed by atoms with Crippen molar-refractivity contribution in [3.63, 3.8) is 0 Å². The Morgan fingerprint density at radius 2 is 2.19 bits per heavy atom. The van der Waals surface area contributed by atoms with Gasteiger partial charge in [-0.25, -0.2) is 9.97 Å². The predicted octanol–water partition coefficient (Wildman–Crippen LogP) is 2.52. The van der Waals surface area contributed by atoms with Crippen molar-refractivity contribution in [2.45, 2.75) is 25.4 Å². The fraction of sp³-hybridized carbons (Fsp3) is 0.350. The number of hydrogen-bond acceptors (Lipinski definition) is 5. The minimum atomic E-state index is -0.219. The molecule has 140 valence electrons. The van der Waals surface area contributed by atoms with Gasteiger partial charge in [-0.2, -0.15) is 0 Å². The maximum Gasteiger partial charge on any atom is 0.271 e. The van der Waals surface area contributed by atoms with E-state index in [9.17, 15) is 4.79 Å². The summed E-state index contributed by atoms with van der Waals surface area (Å²) < 4.78 is 5.50. The van der Waals surface area contributed by atoms with Crippen LogP contribution in [0, 0.1) is 0 Å². The van der Waals surface area contributed by atoms with Gasteiger partial charge in [0.25, 0.3) is 5.91 Å². The minimum Gasteiger partial charge on any atom is -0.376 e. The number of carbonyl (C=O) groups excluding carboxylic acids is 1. The zero-order chi connectivity index (χ0) is 18.5. The standard InChI is InChI=1S/C20H23N5O2/c26-20(25-11-15-4-3-9-27-15)18-12-24-19(13-23-18)21-8-7-14-10-22-17-6-2-1-5-16(14)17/h1-2,5-6,10,12-13,15,22H,3-4,7-9,11H2,(H,21,24)(H,25,26). The van der Waals surface area contributed by atoms with Crippen molar-refractivity contribution in [1.82, 2.24) is 20.3 Å². The summed E-state index contributed by atoms with van der Waals surface area (Å²) in [4.78, 5) is 23.9. The van der Waals surface area contributed by atoms with Gasteiger partial charge >= 0.3 is 0 Å². The maximum atomic E-state index is 12.1. The summed E-state index contributed by atoms with van der Waals surface area (Å²) in [6.07, 6.45) is 8.17. The summed E-state index contributed by atoms with van der Waals surface area (Å²) in [5.74, 6) is 0.439. The van der Waals surface area contributed by atoms with E-state index in [-0.39, 0.29) is 12.0 Å². The first kappa shape index (κ1) is 17.5. The molecular formula is C20H23N5O2. The molecule has 2 aromatic heterocycles. The third kappa shape index (κ3) is 4.25. The highest BCUT2D eigenvalue weighted by atomic mass is 16.5. The third-order valence-corrected chi connectivity index (χ3v) is 4.77. The molecule has 1 amide bonds. The van der Waals surface area contributed by atoms with E-state index in [2.05, 4.69) is 37.7 Å². The fourth-order valence-electron chi connectivity index (χ4n) is 3.30. The fourth-order valence-corrected chi connectivity index (χ4v) is 3.30. The minimum absolute atomic E-state index is 0.118. The summed E-state index contributed by atoms with van der Waals surface area (Å²) in [5.41, 5.74) is 2.72. The maximum absolute atomic E-state index is 12.1. The highest BCUT2D eigenvalue weighted by molar-refractivity contribution is 5.92. The van der Waals surface area contributed by atoms with Crippen molar-refractivity contribution < 1.29 is 9.53 Å². The van der Waals surface area contributed by atoms with Crippen LogP contribution >= 0.6 is 0 Å². The van der Waals surface area contributed by atoms with Crippen molar-refractivity contribution in [1.29, 1.82) is 0 Å². The number of aromatic nitrogens is 3. The van der Waals surface area contributed by atoms with Crippen LogP contribution in [0.5, 0.6) is 0 Å². The van der Waals surface area contributed by atoms with Crippen LogP contribution < -0.4 is 10.6 Å². The van der Waals surface area contributed by atoms with Gasteiger partial charge in [0, 0.05) is 36.8 Å². The van der Waals surface area contributed by atoms with Crippen molar-refractivity contribution in [2.24, 2.45) is 0 Å². The molecule has 1 aliphatic rings. The molecule has 3 N–H and O–H groups in total. The molecule has 7 heteroatoms. The van der Waals surface area contributed by atoms with E-state index in [4.69, 9.17) is 4.74 Å². The highest BCUT2D eigenvalue weighted by Crippen LogP contribution is 2.18. The molecule has 0 radical (unpaired) electrons. The summed E-state index contributed by atoms with van der Waals surface area (Å²) in [5, 5.41) is 7.34. The zero-order valence-electron chi connectivity index (χ0n) is 15.1. The van der Waals surface area contributed by atoms with Crippen LogP contribution in [-0.2, 0) is 11.2 Å². The van der Waals surface area contributed by atoms with E-state index in [0.717, 1.165) is 37.9 Å². The highest BCUT2D eigenvalue weighted by Gasteiger charge is 2.17. The van der Waals surface area contributed by atoms with Crippen LogP contribution in [0.2, 0.25) is 0 Å². The Balaban J connectivity index is 1.26. The second kappa shape index (κ2) is 8.18. The lowest BCUT2D eigenvalue weighted by molar-refractivity contribution is 0.0853. The number of para-hydroxylation sites is 1. The lowest BCUT2D eigenvalue weighted by atomic mass is 10.1. The second-order valence-electron chi connectivity index (χ2n) is 6.67. The molecule has 27 heavy (non-hydrogen) atoms. The summed E-state index contributed by atoms with van der Waals surface area (Å²) in [6.45, 7) is 2.03. The van der Waals surface area contributed by atoms with Gasteiger partial charge in [-0.3, -0.25) is 4.79 Å². The first-order chi connectivity index (χ1) is 13.3. The number of anilines is 1. The van der Waals surface area contributed by atoms with Crippen LogP contribution in [0.3, 0.4) is 0 Å². The number of nitrogens with zero attached hydrogens (tertiary/aromatic N) is 2. The normalized spacial score (nSPS) is 16.5. The Hall–Kier alpha value is -2.93. The van der Waals surface area contributed by atoms with E-state index in [1.807, 2.05) is 18.3 Å².